The summed E-state index contributed by atoms with van der Waals surface area (Å²) in [7, 11) is 0. The fourth-order valence-corrected chi connectivity index (χ4v) is 2.50. The molecule has 1 aromatic carbocycles. The Labute approximate surface area is 111 Å². The Morgan fingerprint density at radius 3 is 2.41 bits per heavy atom. The summed E-state index contributed by atoms with van der Waals surface area (Å²) >= 11 is 11.8. The first kappa shape index (κ1) is 12.8. The monoisotopic (exact) mass is 274 g/mol. The molecular weight excluding hydrogens is 259 g/mol. The second-order valence-corrected chi connectivity index (χ2v) is 5.24. The van der Waals surface area contributed by atoms with Crippen molar-refractivity contribution in [1.29, 1.82) is 0 Å². The second kappa shape index (κ2) is 5.34. The van der Waals surface area contributed by atoms with Gasteiger partial charge in [0.25, 0.3) is 0 Å². The van der Waals surface area contributed by atoms with Crippen molar-refractivity contribution in [2.24, 2.45) is 11.7 Å². The van der Waals surface area contributed by atoms with Crippen LogP contribution in [0.3, 0.4) is 0 Å². The van der Waals surface area contributed by atoms with Crippen molar-refractivity contribution in [3.05, 3.63) is 22.2 Å². The van der Waals surface area contributed by atoms with Crippen LogP contribution in [0, 0.1) is 5.92 Å². The minimum absolute atomic E-state index is 0.186. The number of halogens is 2. The predicted molar refractivity (Wildman–Crippen MR) is 72.1 cm³/mol. The molecule has 0 aromatic heterocycles. The Kier molecular flexibility index (Phi) is 4.02. The zero-order valence-electron chi connectivity index (χ0n) is 9.50. The Morgan fingerprint density at radius 2 is 1.82 bits per heavy atom. The molecule has 1 aliphatic rings. The van der Waals surface area contributed by atoms with Gasteiger partial charge in [-0.15, -0.1) is 0 Å². The van der Waals surface area contributed by atoms with E-state index in [9.17, 15) is 5.11 Å². The highest BCUT2D eigenvalue weighted by Gasteiger charge is 2.21. The summed E-state index contributed by atoms with van der Waals surface area (Å²) in [6, 6.07) is 3.22. The number of phenols is 1. The number of anilines is 1. The van der Waals surface area contributed by atoms with Crippen molar-refractivity contribution in [2.75, 3.05) is 24.5 Å². The molecule has 1 aliphatic heterocycles. The van der Waals surface area contributed by atoms with Crippen molar-refractivity contribution in [3.63, 3.8) is 0 Å². The summed E-state index contributed by atoms with van der Waals surface area (Å²) in [5.41, 5.74) is 6.41. The Hall–Kier alpha value is -0.640. The SMILES string of the molecule is NCC1CCN(c2cc(Cl)c(Cl)cc2O)CC1. The third-order valence-electron chi connectivity index (χ3n) is 3.31. The van der Waals surface area contributed by atoms with Crippen LogP contribution in [0.25, 0.3) is 0 Å². The fourth-order valence-electron chi connectivity index (χ4n) is 2.19. The van der Waals surface area contributed by atoms with E-state index in [2.05, 4.69) is 4.90 Å². The van der Waals surface area contributed by atoms with Crippen LogP contribution < -0.4 is 10.6 Å². The van der Waals surface area contributed by atoms with E-state index < -0.39 is 0 Å². The van der Waals surface area contributed by atoms with E-state index >= 15 is 0 Å². The second-order valence-electron chi connectivity index (χ2n) is 4.42. The van der Waals surface area contributed by atoms with Crippen molar-refractivity contribution in [3.8, 4) is 5.75 Å². The van der Waals surface area contributed by atoms with Crippen LogP contribution in [0.4, 0.5) is 5.69 Å². The number of hydrogen-bond donors (Lipinski definition) is 2. The number of hydrogen-bond acceptors (Lipinski definition) is 3. The van der Waals surface area contributed by atoms with Crippen molar-refractivity contribution < 1.29 is 5.11 Å². The molecule has 17 heavy (non-hydrogen) atoms. The minimum Gasteiger partial charge on any atom is -0.506 e. The molecule has 5 heteroatoms. The molecule has 2 rings (SSSR count). The summed E-state index contributed by atoms with van der Waals surface area (Å²) in [4.78, 5) is 2.13. The molecule has 1 fully saturated rings. The average Bonchev–Trinajstić information content (AvgIpc) is 2.34. The predicted octanol–water partition coefficient (Wildman–Crippen LogP) is 2.87. The van der Waals surface area contributed by atoms with E-state index in [0.717, 1.165) is 38.2 Å². The quantitative estimate of drug-likeness (QED) is 0.872. The lowest BCUT2D eigenvalue weighted by Gasteiger charge is -2.33. The first-order valence-electron chi connectivity index (χ1n) is 5.75. The Bertz CT molecular complexity index is 404. The molecule has 0 atom stereocenters. The largest absolute Gasteiger partial charge is 0.506 e. The summed E-state index contributed by atoms with van der Waals surface area (Å²) in [6.45, 7) is 2.53. The molecule has 1 aromatic rings. The number of phenolic OH excluding ortho intramolecular Hbond substituents is 1. The first-order chi connectivity index (χ1) is 8.11. The Morgan fingerprint density at radius 1 is 1.24 bits per heavy atom. The highest BCUT2D eigenvalue weighted by atomic mass is 35.5. The van der Waals surface area contributed by atoms with Crippen LogP contribution in [0.1, 0.15) is 12.8 Å². The van der Waals surface area contributed by atoms with E-state index in [1.165, 1.54) is 6.07 Å². The van der Waals surface area contributed by atoms with E-state index in [0.29, 0.717) is 16.0 Å². The third kappa shape index (κ3) is 2.79. The van der Waals surface area contributed by atoms with Crippen LogP contribution in [-0.4, -0.2) is 24.7 Å². The summed E-state index contributed by atoms with van der Waals surface area (Å²) in [6.07, 6.45) is 2.10. The van der Waals surface area contributed by atoms with E-state index in [-0.39, 0.29) is 5.75 Å². The lowest BCUT2D eigenvalue weighted by molar-refractivity contribution is 0.408. The zero-order valence-corrected chi connectivity index (χ0v) is 11.0. The maximum absolute atomic E-state index is 9.88. The van der Waals surface area contributed by atoms with Gasteiger partial charge >= 0.3 is 0 Å². The van der Waals surface area contributed by atoms with E-state index in [4.69, 9.17) is 28.9 Å². The molecule has 3 nitrogen and oxygen atoms in total. The van der Waals surface area contributed by atoms with Gasteiger partial charge in [0.05, 0.1) is 15.7 Å². The van der Waals surface area contributed by atoms with Gasteiger partial charge in [0.2, 0.25) is 0 Å². The van der Waals surface area contributed by atoms with Crippen molar-refractivity contribution in [1.82, 2.24) is 0 Å². The first-order valence-corrected chi connectivity index (χ1v) is 6.50. The molecule has 0 aliphatic carbocycles. The highest BCUT2D eigenvalue weighted by Crippen LogP contribution is 2.37. The summed E-state index contributed by atoms with van der Waals surface area (Å²) in [5.74, 6) is 0.779. The number of nitrogens with zero attached hydrogens (tertiary/aromatic N) is 1. The van der Waals surface area contributed by atoms with Gasteiger partial charge in [0.15, 0.2) is 0 Å². The molecule has 0 bridgehead atoms. The standard InChI is InChI=1S/C12H16Cl2N2O/c13-9-5-11(12(17)6-10(9)14)16-3-1-8(7-15)2-4-16/h5-6,8,17H,1-4,7,15H2. The molecule has 0 spiro atoms. The van der Waals surface area contributed by atoms with Crippen LogP contribution in [0.5, 0.6) is 5.75 Å². The molecule has 0 amide bonds. The molecular formula is C12H16Cl2N2O. The molecule has 0 saturated carbocycles. The van der Waals surface area contributed by atoms with Crippen molar-refractivity contribution in [2.45, 2.75) is 12.8 Å². The number of piperidine rings is 1. The molecule has 94 valence electrons. The van der Waals surface area contributed by atoms with Crippen LogP contribution >= 0.6 is 23.2 Å². The minimum atomic E-state index is 0.186. The van der Waals surface area contributed by atoms with Gasteiger partial charge in [0.1, 0.15) is 5.75 Å². The topological polar surface area (TPSA) is 49.5 Å². The van der Waals surface area contributed by atoms with Gasteiger partial charge < -0.3 is 15.7 Å². The Balaban J connectivity index is 2.16. The van der Waals surface area contributed by atoms with Gasteiger partial charge in [-0.2, -0.15) is 0 Å². The average molecular weight is 275 g/mol. The zero-order chi connectivity index (χ0) is 12.4. The lowest BCUT2D eigenvalue weighted by atomic mass is 9.96. The highest BCUT2D eigenvalue weighted by molar-refractivity contribution is 6.42. The van der Waals surface area contributed by atoms with Gasteiger partial charge in [-0.1, -0.05) is 23.2 Å². The molecule has 0 unspecified atom stereocenters. The summed E-state index contributed by atoms with van der Waals surface area (Å²) < 4.78 is 0. The maximum Gasteiger partial charge on any atom is 0.140 e. The van der Waals surface area contributed by atoms with E-state index in [1.54, 1.807) is 6.07 Å². The molecule has 3 N–H and O–H groups in total. The van der Waals surface area contributed by atoms with Gasteiger partial charge in [-0.25, -0.2) is 0 Å². The van der Waals surface area contributed by atoms with Crippen molar-refractivity contribution >= 4 is 28.9 Å². The van der Waals surface area contributed by atoms with Crippen LogP contribution in [0.15, 0.2) is 12.1 Å². The van der Waals surface area contributed by atoms with Gasteiger partial charge in [0, 0.05) is 19.2 Å². The van der Waals surface area contributed by atoms with Gasteiger partial charge in [-0.05, 0) is 31.4 Å². The van der Waals surface area contributed by atoms with E-state index in [1.807, 2.05) is 0 Å². The summed E-state index contributed by atoms with van der Waals surface area (Å²) in [5, 5.41) is 10.7. The number of rotatable bonds is 2. The molecule has 1 heterocycles. The van der Waals surface area contributed by atoms with Crippen LogP contribution in [-0.2, 0) is 0 Å². The lowest BCUT2D eigenvalue weighted by Crippen LogP contribution is -2.36. The molecule has 0 radical (unpaired) electrons. The fraction of sp³-hybridized carbons (Fsp3) is 0.500. The maximum atomic E-state index is 9.88. The number of nitrogens with two attached hydrogens (primary N) is 1. The number of aromatic hydroxyl groups is 1. The number of benzene rings is 1. The molecule has 1 saturated heterocycles. The normalized spacial score (nSPS) is 17.5. The van der Waals surface area contributed by atoms with Crippen LogP contribution in [0.2, 0.25) is 10.0 Å². The van der Waals surface area contributed by atoms with Gasteiger partial charge in [-0.3, -0.25) is 0 Å². The smallest absolute Gasteiger partial charge is 0.140 e. The third-order valence-corrected chi connectivity index (χ3v) is 4.03.